The molecule has 8 nitrogen and oxygen atoms in total. The van der Waals surface area contributed by atoms with Crippen molar-refractivity contribution in [2.75, 3.05) is 13.2 Å². The van der Waals surface area contributed by atoms with Gasteiger partial charge in [0.05, 0.1) is 17.2 Å². The number of aromatic nitrogens is 4. The molecular formula is C24H21ClN6O2. The maximum absolute atomic E-state index is 12.7. The number of halogens is 1. The van der Waals surface area contributed by atoms with Crippen LogP contribution in [0.25, 0.3) is 28.0 Å². The van der Waals surface area contributed by atoms with Crippen molar-refractivity contribution in [1.82, 2.24) is 24.9 Å². The van der Waals surface area contributed by atoms with E-state index >= 15 is 0 Å². The molecule has 0 saturated heterocycles. The van der Waals surface area contributed by atoms with Crippen LogP contribution in [-0.2, 0) is 0 Å². The molecular weight excluding hydrogens is 440 g/mol. The van der Waals surface area contributed by atoms with Crippen molar-refractivity contribution in [2.24, 2.45) is 5.92 Å². The second kappa shape index (κ2) is 9.36. The lowest BCUT2D eigenvalue weighted by Gasteiger charge is -2.09. The molecule has 166 valence electrons. The zero-order valence-corrected chi connectivity index (χ0v) is 18.8. The fourth-order valence-corrected chi connectivity index (χ4v) is 3.70. The van der Waals surface area contributed by atoms with Crippen LogP contribution >= 0.6 is 11.6 Å². The van der Waals surface area contributed by atoms with E-state index in [-0.39, 0.29) is 24.1 Å². The molecule has 1 atom stereocenters. The van der Waals surface area contributed by atoms with E-state index in [0.717, 1.165) is 16.8 Å². The predicted octanol–water partition coefficient (Wildman–Crippen LogP) is 3.65. The topological polar surface area (TPSA) is 116 Å². The molecule has 4 rings (SSSR count). The lowest BCUT2D eigenvalue weighted by molar-refractivity contribution is 0.0937. The Balaban J connectivity index is 1.90. The minimum absolute atomic E-state index is 0.0210. The van der Waals surface area contributed by atoms with E-state index in [2.05, 4.69) is 21.4 Å². The third-order valence-corrected chi connectivity index (χ3v) is 5.31. The number of fused-ring (bicyclic) bond motifs is 1. The van der Waals surface area contributed by atoms with Gasteiger partial charge in [0.25, 0.3) is 5.91 Å². The molecule has 0 fully saturated rings. The van der Waals surface area contributed by atoms with Crippen LogP contribution in [0, 0.1) is 24.2 Å². The zero-order valence-electron chi connectivity index (χ0n) is 18.1. The van der Waals surface area contributed by atoms with Gasteiger partial charge in [-0.15, -0.1) is 0 Å². The van der Waals surface area contributed by atoms with Gasteiger partial charge in [0.15, 0.2) is 5.65 Å². The summed E-state index contributed by atoms with van der Waals surface area (Å²) in [6, 6.07) is 14.5. The number of aliphatic hydroxyl groups is 1. The van der Waals surface area contributed by atoms with E-state index < -0.39 is 0 Å². The van der Waals surface area contributed by atoms with E-state index in [4.69, 9.17) is 16.7 Å². The lowest BCUT2D eigenvalue weighted by atomic mass is 10.00. The first-order valence-corrected chi connectivity index (χ1v) is 10.7. The smallest absolute Gasteiger partial charge is 0.270 e. The molecule has 4 aromatic rings. The highest BCUT2D eigenvalue weighted by atomic mass is 35.5. The van der Waals surface area contributed by atoms with Crippen LogP contribution in [0.3, 0.4) is 0 Å². The summed E-state index contributed by atoms with van der Waals surface area (Å²) in [5.41, 5.74) is 4.69. The molecule has 3 heterocycles. The number of pyridine rings is 1. The molecule has 0 aliphatic heterocycles. The SMILES string of the molecule is Cc1cc(-c2c(-c3cccc(C#N)c3)nn3ccc(C(=O)NC[C@@H](C)CO)nc23)cc(Cl)n1. The fraction of sp³-hybridized carbons (Fsp3) is 0.208. The van der Waals surface area contributed by atoms with Crippen LogP contribution < -0.4 is 5.32 Å². The first kappa shape index (κ1) is 22.4. The van der Waals surface area contributed by atoms with Crippen molar-refractivity contribution >= 4 is 23.2 Å². The molecule has 1 amide bonds. The first-order valence-electron chi connectivity index (χ1n) is 10.3. The van der Waals surface area contributed by atoms with Gasteiger partial charge in [0.2, 0.25) is 0 Å². The van der Waals surface area contributed by atoms with Crippen molar-refractivity contribution in [3.8, 4) is 28.5 Å². The van der Waals surface area contributed by atoms with Crippen LogP contribution in [0.15, 0.2) is 48.7 Å². The minimum Gasteiger partial charge on any atom is -0.396 e. The monoisotopic (exact) mass is 460 g/mol. The molecule has 3 aromatic heterocycles. The Kier molecular flexibility index (Phi) is 6.36. The number of hydrogen-bond acceptors (Lipinski definition) is 6. The Hall–Kier alpha value is -3.80. The summed E-state index contributed by atoms with van der Waals surface area (Å²) in [6.45, 7) is 3.99. The summed E-state index contributed by atoms with van der Waals surface area (Å²) in [5, 5.41) is 26.4. The van der Waals surface area contributed by atoms with Crippen LogP contribution in [0.5, 0.6) is 0 Å². The Morgan fingerprint density at radius 2 is 2.06 bits per heavy atom. The van der Waals surface area contributed by atoms with Crippen molar-refractivity contribution in [3.63, 3.8) is 0 Å². The molecule has 1 aromatic carbocycles. The van der Waals surface area contributed by atoms with Crippen molar-refractivity contribution < 1.29 is 9.90 Å². The largest absolute Gasteiger partial charge is 0.396 e. The van der Waals surface area contributed by atoms with Gasteiger partial charge >= 0.3 is 0 Å². The van der Waals surface area contributed by atoms with Gasteiger partial charge in [-0.25, -0.2) is 14.5 Å². The number of hydrogen-bond donors (Lipinski definition) is 2. The molecule has 0 aliphatic rings. The van der Waals surface area contributed by atoms with E-state index in [9.17, 15) is 15.2 Å². The summed E-state index contributed by atoms with van der Waals surface area (Å²) in [5.74, 6) is -0.411. The molecule has 0 aliphatic carbocycles. The molecule has 0 radical (unpaired) electrons. The standard InChI is InChI=1S/C24H21ClN6O2/c1-14(13-32)12-27-24(33)19-6-7-31-23(29-19)21(18-8-15(2)28-20(25)10-18)22(30-31)17-5-3-4-16(9-17)11-26/h3-10,14,32H,12-13H2,1-2H3,(H,27,33)/t14-/m1/s1. The Morgan fingerprint density at radius 3 is 2.79 bits per heavy atom. The number of aryl methyl sites for hydroxylation is 1. The van der Waals surface area contributed by atoms with Gasteiger partial charge in [-0.05, 0) is 48.7 Å². The first-order chi connectivity index (χ1) is 15.9. The number of amides is 1. The van der Waals surface area contributed by atoms with Gasteiger partial charge in [-0.3, -0.25) is 4.79 Å². The highest BCUT2D eigenvalue weighted by Crippen LogP contribution is 2.35. The summed E-state index contributed by atoms with van der Waals surface area (Å²) in [6.07, 6.45) is 1.67. The number of nitrogens with one attached hydrogen (secondary N) is 1. The Labute approximate surface area is 195 Å². The minimum atomic E-state index is -0.345. The average Bonchev–Trinajstić information content (AvgIpc) is 3.20. The summed E-state index contributed by atoms with van der Waals surface area (Å²) in [4.78, 5) is 21.5. The Morgan fingerprint density at radius 1 is 1.24 bits per heavy atom. The molecule has 9 heteroatoms. The van der Waals surface area contributed by atoms with Gasteiger partial charge in [0.1, 0.15) is 16.5 Å². The van der Waals surface area contributed by atoms with E-state index in [1.165, 1.54) is 0 Å². The number of rotatable bonds is 6. The number of aliphatic hydroxyl groups excluding tert-OH is 1. The van der Waals surface area contributed by atoms with Gasteiger partial charge in [0, 0.05) is 30.6 Å². The highest BCUT2D eigenvalue weighted by Gasteiger charge is 2.21. The van der Waals surface area contributed by atoms with E-state index in [1.807, 2.05) is 26.0 Å². The van der Waals surface area contributed by atoms with Crippen molar-refractivity contribution in [1.29, 1.82) is 5.26 Å². The normalized spacial score (nSPS) is 11.8. The zero-order chi connectivity index (χ0) is 23.5. The number of carbonyl (C=O) groups excluding carboxylic acids is 1. The fourth-order valence-electron chi connectivity index (χ4n) is 3.45. The maximum atomic E-state index is 12.7. The highest BCUT2D eigenvalue weighted by molar-refractivity contribution is 6.29. The summed E-state index contributed by atoms with van der Waals surface area (Å²) >= 11 is 6.24. The van der Waals surface area contributed by atoms with Crippen LogP contribution in [0.4, 0.5) is 0 Å². The van der Waals surface area contributed by atoms with Gasteiger partial charge < -0.3 is 10.4 Å². The lowest BCUT2D eigenvalue weighted by Crippen LogP contribution is -2.30. The third kappa shape index (κ3) is 4.70. The molecule has 0 bridgehead atoms. The summed E-state index contributed by atoms with van der Waals surface area (Å²) < 4.78 is 1.60. The average molecular weight is 461 g/mol. The van der Waals surface area contributed by atoms with E-state index in [0.29, 0.717) is 34.2 Å². The van der Waals surface area contributed by atoms with Crippen LogP contribution in [-0.4, -0.2) is 43.7 Å². The van der Waals surface area contributed by atoms with E-state index in [1.54, 1.807) is 41.0 Å². The van der Waals surface area contributed by atoms with Crippen LogP contribution in [0.2, 0.25) is 5.15 Å². The number of benzene rings is 1. The summed E-state index contributed by atoms with van der Waals surface area (Å²) in [7, 11) is 0. The number of nitriles is 1. The number of nitrogens with zero attached hydrogens (tertiary/aromatic N) is 5. The Bertz CT molecular complexity index is 1370. The molecule has 0 saturated carbocycles. The van der Waals surface area contributed by atoms with Crippen molar-refractivity contribution in [3.05, 3.63) is 70.8 Å². The number of carbonyl (C=O) groups is 1. The quantitative estimate of drug-likeness (QED) is 0.424. The second-order valence-electron chi connectivity index (χ2n) is 7.81. The third-order valence-electron chi connectivity index (χ3n) is 5.12. The molecule has 33 heavy (non-hydrogen) atoms. The van der Waals surface area contributed by atoms with Gasteiger partial charge in [-0.1, -0.05) is 30.7 Å². The maximum Gasteiger partial charge on any atom is 0.270 e. The van der Waals surface area contributed by atoms with Crippen LogP contribution in [0.1, 0.15) is 28.7 Å². The molecule has 0 unspecified atom stereocenters. The molecule has 0 spiro atoms. The second-order valence-corrected chi connectivity index (χ2v) is 8.20. The predicted molar refractivity (Wildman–Crippen MR) is 125 cm³/mol. The van der Waals surface area contributed by atoms with Gasteiger partial charge in [-0.2, -0.15) is 10.4 Å². The van der Waals surface area contributed by atoms with Crippen molar-refractivity contribution in [2.45, 2.75) is 13.8 Å². The molecule has 2 N–H and O–H groups in total.